The first-order valence-corrected chi connectivity index (χ1v) is 6.24. The van der Waals surface area contributed by atoms with Gasteiger partial charge in [0.25, 0.3) is 5.91 Å². The maximum absolute atomic E-state index is 11.7. The highest BCUT2D eigenvalue weighted by molar-refractivity contribution is 9.10. The number of benzene rings is 1. The lowest BCUT2D eigenvalue weighted by molar-refractivity contribution is -0.146. The van der Waals surface area contributed by atoms with Crippen molar-refractivity contribution in [1.82, 2.24) is 0 Å². The maximum Gasteiger partial charge on any atom is 0.332 e. The first-order chi connectivity index (χ1) is 8.45. The van der Waals surface area contributed by atoms with Gasteiger partial charge in [-0.25, -0.2) is 4.79 Å². The third-order valence-electron chi connectivity index (χ3n) is 2.21. The minimum atomic E-state index is -1.32. The number of amides is 1. The van der Waals surface area contributed by atoms with Gasteiger partial charge in [0.2, 0.25) is 0 Å². The van der Waals surface area contributed by atoms with Gasteiger partial charge < -0.3 is 15.8 Å². The summed E-state index contributed by atoms with van der Waals surface area (Å²) in [7, 11) is 0. The predicted molar refractivity (Wildman–Crippen MR) is 72.1 cm³/mol. The van der Waals surface area contributed by atoms with Crippen molar-refractivity contribution in [3.8, 4) is 0 Å². The van der Waals surface area contributed by atoms with Gasteiger partial charge in [0.05, 0.1) is 12.3 Å². The summed E-state index contributed by atoms with van der Waals surface area (Å²) in [6.45, 7) is 3.77. The Morgan fingerprint density at radius 2 is 2.17 bits per heavy atom. The molecule has 0 radical (unpaired) electrons. The van der Waals surface area contributed by atoms with E-state index in [2.05, 4.69) is 26.0 Å². The minimum absolute atomic E-state index is 0.189. The van der Waals surface area contributed by atoms with Crippen molar-refractivity contribution in [1.29, 1.82) is 0 Å². The molecule has 0 saturated carbocycles. The molecule has 1 aromatic rings. The summed E-state index contributed by atoms with van der Waals surface area (Å²) in [6.07, 6.45) is 0. The predicted octanol–water partition coefficient (Wildman–Crippen LogP) is 1.59. The van der Waals surface area contributed by atoms with Crippen LogP contribution < -0.4 is 11.1 Å². The Labute approximate surface area is 114 Å². The molecule has 0 bridgehead atoms. The quantitative estimate of drug-likeness (QED) is 0.653. The number of nitrogens with one attached hydrogen (secondary N) is 1. The fourth-order valence-electron chi connectivity index (χ4n) is 1.27. The summed E-state index contributed by atoms with van der Waals surface area (Å²) in [5.41, 5.74) is 7.08. The molecule has 1 aromatic carbocycles. The van der Waals surface area contributed by atoms with Crippen LogP contribution in [0.5, 0.6) is 0 Å². The van der Waals surface area contributed by atoms with Crippen LogP contribution in [-0.2, 0) is 14.3 Å². The Kier molecular flexibility index (Phi) is 5.30. The molecule has 1 amide bonds. The molecule has 3 N–H and O–H groups in total. The van der Waals surface area contributed by atoms with Crippen molar-refractivity contribution < 1.29 is 14.3 Å². The number of ether oxygens (including phenoxy) is 1. The molecule has 5 nitrogen and oxygen atoms in total. The largest absolute Gasteiger partial charge is 0.464 e. The lowest BCUT2D eigenvalue weighted by atomic mass is 10.2. The normalized spacial score (nSPS) is 11.8. The van der Waals surface area contributed by atoms with E-state index in [-0.39, 0.29) is 6.61 Å². The zero-order valence-electron chi connectivity index (χ0n) is 10.2. The Balaban J connectivity index is 2.72. The topological polar surface area (TPSA) is 81.4 Å². The molecule has 0 aromatic heterocycles. The molecule has 0 spiro atoms. The van der Waals surface area contributed by atoms with E-state index in [1.165, 1.54) is 0 Å². The number of carbonyl (C=O) groups is 2. The zero-order valence-corrected chi connectivity index (χ0v) is 11.8. The molecule has 6 heteroatoms. The second kappa shape index (κ2) is 6.51. The number of anilines is 1. The van der Waals surface area contributed by atoms with Crippen LogP contribution in [0.2, 0.25) is 0 Å². The first kappa shape index (κ1) is 14.7. The van der Waals surface area contributed by atoms with E-state index in [0.717, 1.165) is 10.0 Å². The molecule has 0 saturated heterocycles. The smallest absolute Gasteiger partial charge is 0.332 e. The molecule has 1 rings (SSSR count). The number of nitrogens with two attached hydrogens (primary N) is 1. The number of aryl methyl sites for hydroxylation is 1. The molecular weight excluding hydrogens is 300 g/mol. The van der Waals surface area contributed by atoms with Crippen molar-refractivity contribution in [2.75, 3.05) is 11.9 Å². The summed E-state index contributed by atoms with van der Waals surface area (Å²) in [4.78, 5) is 23.0. The van der Waals surface area contributed by atoms with Crippen molar-refractivity contribution in [2.45, 2.75) is 19.9 Å². The minimum Gasteiger partial charge on any atom is -0.464 e. The van der Waals surface area contributed by atoms with Crippen molar-refractivity contribution in [2.24, 2.45) is 5.73 Å². The van der Waals surface area contributed by atoms with Crippen molar-refractivity contribution >= 4 is 33.5 Å². The van der Waals surface area contributed by atoms with E-state index >= 15 is 0 Å². The molecule has 0 aliphatic carbocycles. The van der Waals surface area contributed by atoms with Crippen LogP contribution in [-0.4, -0.2) is 24.5 Å². The second-order valence-electron chi connectivity index (χ2n) is 3.70. The Morgan fingerprint density at radius 3 is 2.72 bits per heavy atom. The molecule has 0 aliphatic rings. The second-order valence-corrected chi connectivity index (χ2v) is 4.56. The van der Waals surface area contributed by atoms with Crippen LogP contribution in [0.15, 0.2) is 22.7 Å². The van der Waals surface area contributed by atoms with E-state index in [9.17, 15) is 9.59 Å². The van der Waals surface area contributed by atoms with Gasteiger partial charge in [-0.05, 0) is 47.5 Å². The fourth-order valence-corrected chi connectivity index (χ4v) is 1.86. The van der Waals surface area contributed by atoms with Gasteiger partial charge in [-0.15, -0.1) is 0 Å². The van der Waals surface area contributed by atoms with Gasteiger partial charge in [0.15, 0.2) is 6.04 Å². The highest BCUT2D eigenvalue weighted by Crippen LogP contribution is 2.23. The van der Waals surface area contributed by atoms with Gasteiger partial charge in [-0.1, -0.05) is 6.07 Å². The highest BCUT2D eigenvalue weighted by atomic mass is 79.9. The van der Waals surface area contributed by atoms with Gasteiger partial charge in [0.1, 0.15) is 0 Å². The Morgan fingerprint density at radius 1 is 1.50 bits per heavy atom. The molecule has 0 fully saturated rings. The monoisotopic (exact) mass is 314 g/mol. The van der Waals surface area contributed by atoms with Crippen LogP contribution in [0, 0.1) is 6.92 Å². The molecule has 98 valence electrons. The number of halogens is 1. The summed E-state index contributed by atoms with van der Waals surface area (Å²) in [5, 5.41) is 2.56. The lowest BCUT2D eigenvalue weighted by Gasteiger charge is -2.12. The number of rotatable bonds is 4. The zero-order chi connectivity index (χ0) is 13.7. The summed E-state index contributed by atoms with van der Waals surface area (Å²) in [5.74, 6) is -1.34. The van der Waals surface area contributed by atoms with Gasteiger partial charge >= 0.3 is 5.97 Å². The van der Waals surface area contributed by atoms with E-state index < -0.39 is 17.9 Å². The molecule has 0 heterocycles. The SMILES string of the molecule is CCOC(=O)C(N)C(=O)Nc1ccc(C)cc1Br. The standard InChI is InChI=1S/C12H15BrN2O3/c1-3-18-12(17)10(14)11(16)15-9-5-4-7(2)6-8(9)13/h4-6,10H,3,14H2,1-2H3,(H,15,16). The first-order valence-electron chi connectivity index (χ1n) is 5.45. The molecule has 0 aliphatic heterocycles. The molecule has 1 atom stereocenters. The molecular formula is C12H15BrN2O3. The number of esters is 1. The van der Waals surface area contributed by atoms with E-state index in [4.69, 9.17) is 5.73 Å². The van der Waals surface area contributed by atoms with Gasteiger partial charge in [-0.2, -0.15) is 0 Å². The lowest BCUT2D eigenvalue weighted by Crippen LogP contribution is -2.43. The summed E-state index contributed by atoms with van der Waals surface area (Å²) < 4.78 is 5.40. The average molecular weight is 315 g/mol. The number of hydrogen-bond acceptors (Lipinski definition) is 4. The number of carbonyl (C=O) groups excluding carboxylic acids is 2. The Hall–Kier alpha value is -1.40. The highest BCUT2D eigenvalue weighted by Gasteiger charge is 2.23. The van der Waals surface area contributed by atoms with E-state index in [0.29, 0.717) is 5.69 Å². The number of hydrogen-bond donors (Lipinski definition) is 2. The molecule has 1 unspecified atom stereocenters. The molecule has 18 heavy (non-hydrogen) atoms. The van der Waals surface area contributed by atoms with Crippen LogP contribution in [0.3, 0.4) is 0 Å². The van der Waals surface area contributed by atoms with Crippen LogP contribution in [0.25, 0.3) is 0 Å². The third kappa shape index (κ3) is 3.82. The maximum atomic E-state index is 11.7. The van der Waals surface area contributed by atoms with Crippen LogP contribution >= 0.6 is 15.9 Å². The van der Waals surface area contributed by atoms with Crippen LogP contribution in [0.1, 0.15) is 12.5 Å². The summed E-state index contributed by atoms with van der Waals surface area (Å²) in [6, 6.07) is 4.11. The fraction of sp³-hybridized carbons (Fsp3) is 0.333. The van der Waals surface area contributed by atoms with E-state index in [1.54, 1.807) is 13.0 Å². The van der Waals surface area contributed by atoms with Gasteiger partial charge in [-0.3, -0.25) is 4.79 Å². The van der Waals surface area contributed by atoms with Crippen molar-refractivity contribution in [3.63, 3.8) is 0 Å². The average Bonchev–Trinajstić information content (AvgIpc) is 2.32. The van der Waals surface area contributed by atoms with E-state index in [1.807, 2.05) is 19.1 Å². The van der Waals surface area contributed by atoms with Crippen molar-refractivity contribution in [3.05, 3.63) is 28.2 Å². The van der Waals surface area contributed by atoms with Gasteiger partial charge in [0, 0.05) is 4.47 Å². The Bertz CT molecular complexity index is 463. The van der Waals surface area contributed by atoms with Crippen LogP contribution in [0.4, 0.5) is 5.69 Å². The summed E-state index contributed by atoms with van der Waals surface area (Å²) >= 11 is 3.32. The third-order valence-corrected chi connectivity index (χ3v) is 2.86.